The molecule has 0 heterocycles. The van der Waals surface area contributed by atoms with E-state index in [2.05, 4.69) is 31.3 Å². The molecule has 0 radical (unpaired) electrons. The second-order valence-corrected chi connectivity index (χ2v) is 5.60. The first-order valence-corrected chi connectivity index (χ1v) is 7.58. The molecule has 21 heavy (non-hydrogen) atoms. The van der Waals surface area contributed by atoms with Crippen LogP contribution in [0.15, 0.2) is 24.3 Å². The first-order chi connectivity index (χ1) is 9.92. The van der Waals surface area contributed by atoms with E-state index in [-0.39, 0.29) is 12.6 Å². The van der Waals surface area contributed by atoms with Crippen molar-refractivity contribution in [2.75, 3.05) is 19.8 Å². The summed E-state index contributed by atoms with van der Waals surface area (Å²) in [6.45, 7) is 11.1. The first-order valence-electron chi connectivity index (χ1n) is 7.58. The fourth-order valence-electron chi connectivity index (χ4n) is 2.04. The molecule has 0 fully saturated rings. The molecule has 1 aromatic rings. The van der Waals surface area contributed by atoms with Crippen LogP contribution >= 0.6 is 0 Å². The van der Waals surface area contributed by atoms with Crippen LogP contribution in [-0.4, -0.2) is 31.3 Å². The van der Waals surface area contributed by atoms with Gasteiger partial charge in [0, 0.05) is 0 Å². The normalized spacial score (nSPS) is 13.8. The summed E-state index contributed by atoms with van der Waals surface area (Å²) in [5.74, 6) is 0.962. The summed E-state index contributed by atoms with van der Waals surface area (Å²) >= 11 is 0. The molecule has 0 amide bonds. The van der Waals surface area contributed by atoms with Gasteiger partial charge in [0.05, 0.1) is 6.61 Å². The SMILES string of the molecule is CCNC(C)(COc1ccc(C(C)C)cc1)C(=O)OCC. The van der Waals surface area contributed by atoms with Crippen molar-refractivity contribution in [3.8, 4) is 5.75 Å². The Balaban J connectivity index is 2.70. The number of nitrogens with one attached hydrogen (secondary N) is 1. The maximum absolute atomic E-state index is 12.1. The van der Waals surface area contributed by atoms with Gasteiger partial charge in [0.1, 0.15) is 17.9 Å². The van der Waals surface area contributed by atoms with Gasteiger partial charge in [-0.05, 0) is 44.0 Å². The summed E-state index contributed by atoms with van der Waals surface area (Å²) in [4.78, 5) is 12.1. The van der Waals surface area contributed by atoms with E-state index in [4.69, 9.17) is 9.47 Å². The monoisotopic (exact) mass is 293 g/mol. The van der Waals surface area contributed by atoms with Crippen LogP contribution in [0.4, 0.5) is 0 Å². The molecule has 1 atom stereocenters. The lowest BCUT2D eigenvalue weighted by molar-refractivity contribution is -0.151. The maximum atomic E-state index is 12.1. The number of ether oxygens (including phenoxy) is 2. The Bertz CT molecular complexity index is 442. The lowest BCUT2D eigenvalue weighted by Gasteiger charge is -2.28. The van der Waals surface area contributed by atoms with Crippen molar-refractivity contribution in [2.24, 2.45) is 0 Å². The minimum Gasteiger partial charge on any atom is -0.491 e. The van der Waals surface area contributed by atoms with E-state index in [9.17, 15) is 4.79 Å². The molecule has 0 spiro atoms. The van der Waals surface area contributed by atoms with Crippen molar-refractivity contribution in [1.29, 1.82) is 0 Å². The Morgan fingerprint density at radius 2 is 1.86 bits per heavy atom. The number of likely N-dealkylation sites (N-methyl/N-ethyl adjacent to an activating group) is 1. The summed E-state index contributed by atoms with van der Waals surface area (Å²) in [5.41, 5.74) is 0.434. The van der Waals surface area contributed by atoms with E-state index < -0.39 is 5.54 Å². The molecule has 0 aromatic heterocycles. The highest BCUT2D eigenvalue weighted by Crippen LogP contribution is 2.19. The summed E-state index contributed by atoms with van der Waals surface area (Å²) in [7, 11) is 0. The van der Waals surface area contributed by atoms with Gasteiger partial charge >= 0.3 is 5.97 Å². The third-order valence-electron chi connectivity index (χ3n) is 3.37. The van der Waals surface area contributed by atoms with E-state index in [1.807, 2.05) is 19.1 Å². The van der Waals surface area contributed by atoms with Crippen molar-refractivity contribution in [1.82, 2.24) is 5.32 Å². The van der Waals surface area contributed by atoms with Crippen LogP contribution in [0.25, 0.3) is 0 Å². The highest BCUT2D eigenvalue weighted by atomic mass is 16.5. The van der Waals surface area contributed by atoms with Gasteiger partial charge in [0.2, 0.25) is 0 Å². The summed E-state index contributed by atoms with van der Waals surface area (Å²) in [6.07, 6.45) is 0. The third-order valence-corrected chi connectivity index (χ3v) is 3.37. The molecule has 0 aliphatic carbocycles. The minimum absolute atomic E-state index is 0.237. The van der Waals surface area contributed by atoms with Crippen LogP contribution < -0.4 is 10.1 Å². The number of benzene rings is 1. The van der Waals surface area contributed by atoms with Gasteiger partial charge < -0.3 is 9.47 Å². The predicted octanol–water partition coefficient (Wildman–Crippen LogP) is 3.12. The number of hydrogen-bond acceptors (Lipinski definition) is 4. The number of carbonyl (C=O) groups is 1. The fourth-order valence-corrected chi connectivity index (χ4v) is 2.04. The summed E-state index contributed by atoms with van der Waals surface area (Å²) in [6, 6.07) is 7.98. The molecule has 0 aliphatic rings. The lowest BCUT2D eigenvalue weighted by atomic mass is 10.0. The second-order valence-electron chi connectivity index (χ2n) is 5.60. The fraction of sp³-hybridized carbons (Fsp3) is 0.588. The average Bonchev–Trinajstić information content (AvgIpc) is 2.46. The number of carbonyl (C=O) groups excluding carboxylic acids is 1. The molecule has 0 saturated carbocycles. The molecule has 4 nitrogen and oxygen atoms in total. The van der Waals surface area contributed by atoms with Gasteiger partial charge in [-0.2, -0.15) is 0 Å². The largest absolute Gasteiger partial charge is 0.491 e. The van der Waals surface area contributed by atoms with Crippen molar-refractivity contribution in [3.05, 3.63) is 29.8 Å². The molecule has 1 N–H and O–H groups in total. The molecule has 0 saturated heterocycles. The van der Waals surface area contributed by atoms with Gasteiger partial charge in [-0.3, -0.25) is 5.32 Å². The lowest BCUT2D eigenvalue weighted by Crippen LogP contribution is -2.54. The van der Waals surface area contributed by atoms with Crippen LogP contribution in [0.5, 0.6) is 5.75 Å². The third kappa shape index (κ3) is 5.05. The van der Waals surface area contributed by atoms with Gasteiger partial charge in [0.15, 0.2) is 0 Å². The highest BCUT2D eigenvalue weighted by Gasteiger charge is 2.34. The molecule has 1 unspecified atom stereocenters. The van der Waals surface area contributed by atoms with E-state index in [0.29, 0.717) is 19.1 Å². The average molecular weight is 293 g/mol. The quantitative estimate of drug-likeness (QED) is 0.748. The Morgan fingerprint density at radius 3 is 2.33 bits per heavy atom. The van der Waals surface area contributed by atoms with Gasteiger partial charge in [0.25, 0.3) is 0 Å². The van der Waals surface area contributed by atoms with Crippen molar-refractivity contribution >= 4 is 5.97 Å². The Kier molecular flexibility index (Phi) is 6.69. The highest BCUT2D eigenvalue weighted by molar-refractivity contribution is 5.80. The van der Waals surface area contributed by atoms with Crippen LogP contribution in [0.2, 0.25) is 0 Å². The van der Waals surface area contributed by atoms with Crippen molar-refractivity contribution in [3.63, 3.8) is 0 Å². The van der Waals surface area contributed by atoms with Crippen LogP contribution in [0.1, 0.15) is 46.1 Å². The number of esters is 1. The maximum Gasteiger partial charge on any atom is 0.329 e. The van der Waals surface area contributed by atoms with Gasteiger partial charge in [-0.25, -0.2) is 4.79 Å². The van der Waals surface area contributed by atoms with Gasteiger partial charge in [-0.15, -0.1) is 0 Å². The number of rotatable bonds is 8. The summed E-state index contributed by atoms with van der Waals surface area (Å²) in [5, 5.41) is 3.14. The zero-order valence-electron chi connectivity index (χ0n) is 13.7. The van der Waals surface area contributed by atoms with Crippen LogP contribution in [0, 0.1) is 0 Å². The Hall–Kier alpha value is -1.55. The predicted molar refractivity (Wildman–Crippen MR) is 84.7 cm³/mol. The molecule has 4 heteroatoms. The standard InChI is InChI=1S/C17H27NO3/c1-6-18-17(5,16(19)20-7-2)12-21-15-10-8-14(9-11-15)13(3)4/h8-11,13,18H,6-7,12H2,1-5H3. The molecular formula is C17H27NO3. The molecule has 0 bridgehead atoms. The Morgan fingerprint density at radius 1 is 1.24 bits per heavy atom. The summed E-state index contributed by atoms with van der Waals surface area (Å²) < 4.78 is 10.9. The molecular weight excluding hydrogens is 266 g/mol. The van der Waals surface area contributed by atoms with Crippen LogP contribution in [0.3, 0.4) is 0 Å². The zero-order valence-corrected chi connectivity index (χ0v) is 13.7. The minimum atomic E-state index is -0.832. The van der Waals surface area contributed by atoms with Crippen LogP contribution in [-0.2, 0) is 9.53 Å². The zero-order chi connectivity index (χ0) is 15.9. The second kappa shape index (κ2) is 8.03. The molecule has 1 aromatic carbocycles. The van der Waals surface area contributed by atoms with E-state index in [0.717, 1.165) is 5.75 Å². The van der Waals surface area contributed by atoms with E-state index in [1.165, 1.54) is 5.56 Å². The van der Waals surface area contributed by atoms with Gasteiger partial charge in [-0.1, -0.05) is 32.9 Å². The van der Waals surface area contributed by atoms with Crippen molar-refractivity contribution in [2.45, 2.75) is 46.1 Å². The van der Waals surface area contributed by atoms with E-state index in [1.54, 1.807) is 13.8 Å². The number of hydrogen-bond donors (Lipinski definition) is 1. The first kappa shape index (κ1) is 17.5. The Labute approximate surface area is 127 Å². The smallest absolute Gasteiger partial charge is 0.329 e. The van der Waals surface area contributed by atoms with Crippen molar-refractivity contribution < 1.29 is 14.3 Å². The molecule has 118 valence electrons. The molecule has 0 aliphatic heterocycles. The van der Waals surface area contributed by atoms with E-state index >= 15 is 0 Å². The topological polar surface area (TPSA) is 47.6 Å². The molecule has 1 rings (SSSR count).